The summed E-state index contributed by atoms with van der Waals surface area (Å²) in [4.78, 5) is 12.6. The number of anilines is 1. The number of rotatable bonds is 6. The number of hydrogen-bond donors (Lipinski definition) is 1. The molecule has 0 saturated carbocycles. The molecule has 0 unspecified atom stereocenters. The molecule has 0 atom stereocenters. The second-order valence-corrected chi connectivity index (χ2v) is 8.69. The Bertz CT molecular complexity index is 1430. The standard InChI is InChI=1S/C25H18ClN5O2S/c1-33-20-13-9-17(10-14-20)23(32)27-25-29-28-24(34-25)21-15-31(19-5-3-2-4-6-19)30-22(21)16-7-11-18(26)12-8-16/h2-15H,1H3,(H,27,29,32). The van der Waals surface area contributed by atoms with Crippen LogP contribution >= 0.6 is 22.9 Å². The number of para-hydroxylation sites is 1. The summed E-state index contributed by atoms with van der Waals surface area (Å²) < 4.78 is 6.94. The number of methoxy groups -OCH3 is 1. The maximum atomic E-state index is 12.6. The van der Waals surface area contributed by atoms with E-state index in [0.717, 1.165) is 22.5 Å². The van der Waals surface area contributed by atoms with Crippen LogP contribution in [0.15, 0.2) is 85.1 Å². The smallest absolute Gasteiger partial charge is 0.257 e. The van der Waals surface area contributed by atoms with Crippen LogP contribution in [0.1, 0.15) is 10.4 Å². The summed E-state index contributed by atoms with van der Waals surface area (Å²) in [7, 11) is 1.58. The Hall–Kier alpha value is -4.01. The number of carbonyl (C=O) groups excluding carboxylic acids is 1. The average molecular weight is 488 g/mol. The first-order chi connectivity index (χ1) is 16.6. The molecule has 5 aromatic rings. The molecular formula is C25H18ClN5O2S. The lowest BCUT2D eigenvalue weighted by molar-refractivity contribution is 0.102. The molecule has 2 aromatic heterocycles. The van der Waals surface area contributed by atoms with Gasteiger partial charge in [0.1, 0.15) is 11.4 Å². The topological polar surface area (TPSA) is 81.9 Å². The maximum absolute atomic E-state index is 12.6. The molecule has 1 amide bonds. The fourth-order valence-electron chi connectivity index (χ4n) is 3.36. The van der Waals surface area contributed by atoms with Crippen molar-refractivity contribution in [2.24, 2.45) is 0 Å². The fourth-order valence-corrected chi connectivity index (χ4v) is 4.23. The zero-order valence-electron chi connectivity index (χ0n) is 18.0. The Kier molecular flexibility index (Phi) is 6.07. The van der Waals surface area contributed by atoms with E-state index in [4.69, 9.17) is 21.4 Å². The van der Waals surface area contributed by atoms with Crippen LogP contribution in [-0.2, 0) is 0 Å². The van der Waals surface area contributed by atoms with Gasteiger partial charge in [0.05, 0.1) is 18.4 Å². The summed E-state index contributed by atoms with van der Waals surface area (Å²) in [5.41, 5.74) is 3.85. The lowest BCUT2D eigenvalue weighted by atomic mass is 10.1. The quantitative estimate of drug-likeness (QED) is 0.319. The highest BCUT2D eigenvalue weighted by molar-refractivity contribution is 7.18. The van der Waals surface area contributed by atoms with Crippen LogP contribution in [0.25, 0.3) is 27.5 Å². The van der Waals surface area contributed by atoms with Crippen molar-refractivity contribution in [2.45, 2.75) is 0 Å². The van der Waals surface area contributed by atoms with Crippen LogP contribution in [0.4, 0.5) is 5.13 Å². The number of amides is 1. The molecule has 0 fully saturated rings. The Morgan fingerprint density at radius 3 is 2.41 bits per heavy atom. The first kappa shape index (κ1) is 21.8. The van der Waals surface area contributed by atoms with Gasteiger partial charge in [-0.25, -0.2) is 4.68 Å². The molecule has 0 aliphatic heterocycles. The van der Waals surface area contributed by atoms with Gasteiger partial charge in [-0.1, -0.05) is 53.3 Å². The third-order valence-corrected chi connectivity index (χ3v) is 6.20. The van der Waals surface area contributed by atoms with E-state index in [9.17, 15) is 4.79 Å². The molecule has 9 heteroatoms. The van der Waals surface area contributed by atoms with Crippen molar-refractivity contribution in [3.63, 3.8) is 0 Å². The number of hydrogen-bond acceptors (Lipinski definition) is 6. The van der Waals surface area contributed by atoms with Crippen molar-refractivity contribution in [2.75, 3.05) is 12.4 Å². The third-order valence-electron chi connectivity index (χ3n) is 5.08. The van der Waals surface area contributed by atoms with Gasteiger partial charge in [0.2, 0.25) is 5.13 Å². The minimum Gasteiger partial charge on any atom is -0.497 e. The van der Waals surface area contributed by atoms with Crippen molar-refractivity contribution >= 4 is 34.0 Å². The van der Waals surface area contributed by atoms with Gasteiger partial charge in [-0.3, -0.25) is 10.1 Å². The lowest BCUT2D eigenvalue weighted by Gasteiger charge is -2.03. The molecule has 34 heavy (non-hydrogen) atoms. The van der Waals surface area contributed by atoms with E-state index in [1.807, 2.05) is 60.8 Å². The van der Waals surface area contributed by atoms with Crippen molar-refractivity contribution in [3.05, 3.63) is 95.6 Å². The van der Waals surface area contributed by atoms with Gasteiger partial charge in [0, 0.05) is 22.3 Å². The van der Waals surface area contributed by atoms with Gasteiger partial charge in [-0.05, 0) is 48.5 Å². The van der Waals surface area contributed by atoms with Gasteiger partial charge >= 0.3 is 0 Å². The number of benzene rings is 3. The Balaban J connectivity index is 1.47. The van der Waals surface area contributed by atoms with Gasteiger partial charge in [-0.2, -0.15) is 5.10 Å². The van der Waals surface area contributed by atoms with Gasteiger partial charge in [0.15, 0.2) is 5.01 Å². The second kappa shape index (κ2) is 9.46. The number of aromatic nitrogens is 4. The van der Waals surface area contributed by atoms with E-state index in [1.165, 1.54) is 11.3 Å². The summed E-state index contributed by atoms with van der Waals surface area (Å²) >= 11 is 7.36. The number of carbonyl (C=O) groups is 1. The van der Waals surface area contributed by atoms with E-state index < -0.39 is 0 Å². The monoisotopic (exact) mass is 487 g/mol. The molecule has 0 bridgehead atoms. The van der Waals surface area contributed by atoms with Crippen LogP contribution < -0.4 is 10.1 Å². The Labute approximate surface area is 204 Å². The maximum Gasteiger partial charge on any atom is 0.257 e. The molecular weight excluding hydrogens is 470 g/mol. The van der Waals surface area contributed by atoms with Gasteiger partial charge < -0.3 is 4.74 Å². The van der Waals surface area contributed by atoms with Crippen LogP contribution in [0.2, 0.25) is 5.02 Å². The molecule has 7 nitrogen and oxygen atoms in total. The Morgan fingerprint density at radius 1 is 0.971 bits per heavy atom. The largest absolute Gasteiger partial charge is 0.497 e. The third kappa shape index (κ3) is 4.54. The molecule has 5 rings (SSSR count). The number of nitrogens with zero attached hydrogens (tertiary/aromatic N) is 4. The molecule has 0 saturated heterocycles. The molecule has 2 heterocycles. The number of nitrogens with one attached hydrogen (secondary N) is 1. The molecule has 0 aliphatic rings. The van der Waals surface area contributed by atoms with Crippen LogP contribution in [0, 0.1) is 0 Å². The molecule has 168 valence electrons. The van der Waals surface area contributed by atoms with Crippen LogP contribution in [0.5, 0.6) is 5.75 Å². The molecule has 0 aliphatic carbocycles. The Morgan fingerprint density at radius 2 is 1.71 bits per heavy atom. The van der Waals surface area contributed by atoms with Gasteiger partial charge in [-0.15, -0.1) is 10.2 Å². The van der Waals surface area contributed by atoms with E-state index in [0.29, 0.717) is 26.5 Å². The fraction of sp³-hybridized carbons (Fsp3) is 0.0400. The molecule has 1 N–H and O–H groups in total. The highest BCUT2D eigenvalue weighted by Gasteiger charge is 2.19. The molecule has 3 aromatic carbocycles. The zero-order valence-corrected chi connectivity index (χ0v) is 19.5. The highest BCUT2D eigenvalue weighted by Crippen LogP contribution is 2.35. The minimum absolute atomic E-state index is 0.275. The summed E-state index contributed by atoms with van der Waals surface area (Å²) in [5.74, 6) is 0.406. The second-order valence-electron chi connectivity index (χ2n) is 7.27. The lowest BCUT2D eigenvalue weighted by Crippen LogP contribution is -2.11. The SMILES string of the molecule is COc1ccc(C(=O)Nc2nnc(-c3cn(-c4ccccc4)nc3-c3ccc(Cl)cc3)s2)cc1. The van der Waals surface area contributed by atoms with E-state index >= 15 is 0 Å². The van der Waals surface area contributed by atoms with Crippen molar-refractivity contribution in [1.29, 1.82) is 0 Å². The van der Waals surface area contributed by atoms with E-state index in [1.54, 1.807) is 36.1 Å². The predicted molar refractivity (Wildman–Crippen MR) is 134 cm³/mol. The van der Waals surface area contributed by atoms with E-state index in [2.05, 4.69) is 15.5 Å². The number of ether oxygens (including phenoxy) is 1. The minimum atomic E-state index is -0.275. The predicted octanol–water partition coefficient (Wildman–Crippen LogP) is 5.97. The molecule has 0 spiro atoms. The number of halogens is 1. The van der Waals surface area contributed by atoms with E-state index in [-0.39, 0.29) is 5.91 Å². The summed E-state index contributed by atoms with van der Waals surface area (Å²) in [6.07, 6.45) is 1.91. The summed E-state index contributed by atoms with van der Waals surface area (Å²) in [6, 6.07) is 24.1. The summed E-state index contributed by atoms with van der Waals surface area (Å²) in [5, 5.41) is 17.8. The van der Waals surface area contributed by atoms with Crippen molar-refractivity contribution in [3.8, 4) is 33.3 Å². The normalized spacial score (nSPS) is 10.8. The summed E-state index contributed by atoms with van der Waals surface area (Å²) in [6.45, 7) is 0. The highest BCUT2D eigenvalue weighted by atomic mass is 35.5. The van der Waals surface area contributed by atoms with Gasteiger partial charge in [0.25, 0.3) is 5.91 Å². The van der Waals surface area contributed by atoms with Crippen molar-refractivity contribution < 1.29 is 9.53 Å². The average Bonchev–Trinajstić information content (AvgIpc) is 3.52. The first-order valence-corrected chi connectivity index (χ1v) is 11.5. The van der Waals surface area contributed by atoms with Crippen LogP contribution in [-0.4, -0.2) is 33.0 Å². The zero-order chi connectivity index (χ0) is 23.5. The molecule has 0 radical (unpaired) electrons. The van der Waals surface area contributed by atoms with Crippen molar-refractivity contribution in [1.82, 2.24) is 20.0 Å². The van der Waals surface area contributed by atoms with Crippen LogP contribution in [0.3, 0.4) is 0 Å². The first-order valence-electron chi connectivity index (χ1n) is 10.3.